The molecule has 0 bridgehead atoms. The topological polar surface area (TPSA) is 91.7 Å². The Hall–Kier alpha value is -1.59. The van der Waals surface area contributed by atoms with Gasteiger partial charge < -0.3 is 10.2 Å². The molecular formula is C30H44O5. The Bertz CT molecular complexity index is 1030. The van der Waals surface area contributed by atoms with Gasteiger partial charge in [0, 0.05) is 35.7 Å². The number of hydrogen-bond donors (Lipinski definition) is 2. The molecule has 0 heterocycles. The SMILES string of the molecule is CC(CC(=O)C(O)C(C)(C)O)C1=C2C=CC3C4(C)CCC(=O)C(C)(C)C4CCC3(C)C2(C)CC1=O. The summed E-state index contributed by atoms with van der Waals surface area (Å²) in [4.78, 5) is 39.0. The average molecular weight is 485 g/mol. The molecule has 0 aromatic rings. The van der Waals surface area contributed by atoms with E-state index >= 15 is 0 Å². The van der Waals surface area contributed by atoms with Gasteiger partial charge in [0.1, 0.15) is 11.9 Å². The predicted molar refractivity (Wildman–Crippen MR) is 135 cm³/mol. The Morgan fingerprint density at radius 2 is 1.77 bits per heavy atom. The van der Waals surface area contributed by atoms with Crippen molar-refractivity contribution in [2.24, 2.45) is 39.4 Å². The molecule has 0 saturated heterocycles. The third-order valence-corrected chi connectivity index (χ3v) is 11.0. The lowest BCUT2D eigenvalue weighted by atomic mass is 9.37. The zero-order valence-electron chi connectivity index (χ0n) is 22.8. The molecule has 0 amide bonds. The third kappa shape index (κ3) is 3.59. The van der Waals surface area contributed by atoms with Crippen LogP contribution in [-0.4, -0.2) is 39.3 Å². The van der Waals surface area contributed by atoms with Crippen LogP contribution in [0.3, 0.4) is 0 Å². The van der Waals surface area contributed by atoms with E-state index in [1.54, 1.807) is 0 Å². The molecule has 0 aliphatic heterocycles. The smallest absolute Gasteiger partial charge is 0.164 e. The Labute approximate surface area is 210 Å². The quantitative estimate of drug-likeness (QED) is 0.574. The van der Waals surface area contributed by atoms with Crippen molar-refractivity contribution in [1.82, 2.24) is 0 Å². The molecule has 4 aliphatic rings. The van der Waals surface area contributed by atoms with Crippen molar-refractivity contribution in [3.63, 3.8) is 0 Å². The van der Waals surface area contributed by atoms with Crippen molar-refractivity contribution in [3.8, 4) is 0 Å². The Kier molecular flexibility index (Phi) is 6.01. The average Bonchev–Trinajstić information content (AvgIpc) is 3.00. The van der Waals surface area contributed by atoms with Crippen molar-refractivity contribution in [3.05, 3.63) is 23.3 Å². The van der Waals surface area contributed by atoms with Crippen molar-refractivity contribution in [2.45, 2.75) is 106 Å². The number of carbonyl (C=O) groups is 3. The van der Waals surface area contributed by atoms with Gasteiger partial charge in [0.15, 0.2) is 11.6 Å². The minimum atomic E-state index is -1.52. The summed E-state index contributed by atoms with van der Waals surface area (Å²) < 4.78 is 0. The van der Waals surface area contributed by atoms with E-state index in [2.05, 4.69) is 46.8 Å². The first kappa shape index (κ1) is 26.5. The van der Waals surface area contributed by atoms with Gasteiger partial charge in [0.2, 0.25) is 0 Å². The second-order valence-corrected chi connectivity index (χ2v) is 13.9. The van der Waals surface area contributed by atoms with Gasteiger partial charge in [0.05, 0.1) is 5.60 Å². The van der Waals surface area contributed by atoms with Crippen LogP contribution >= 0.6 is 0 Å². The number of allylic oxidation sites excluding steroid dienone is 4. The molecule has 5 nitrogen and oxygen atoms in total. The van der Waals surface area contributed by atoms with Gasteiger partial charge in [-0.25, -0.2) is 0 Å². The van der Waals surface area contributed by atoms with E-state index in [0.717, 1.165) is 24.8 Å². The lowest BCUT2D eigenvalue weighted by Crippen LogP contribution is -2.61. The van der Waals surface area contributed by atoms with Crippen LogP contribution in [0.25, 0.3) is 0 Å². The maximum absolute atomic E-state index is 13.5. The molecule has 35 heavy (non-hydrogen) atoms. The minimum absolute atomic E-state index is 0.000346. The summed E-state index contributed by atoms with van der Waals surface area (Å²) in [6.45, 7) is 15.9. The summed E-state index contributed by atoms with van der Waals surface area (Å²) in [6.07, 6.45) is 6.90. The van der Waals surface area contributed by atoms with Crippen LogP contribution in [0.5, 0.6) is 0 Å². The Balaban J connectivity index is 1.73. The summed E-state index contributed by atoms with van der Waals surface area (Å²) in [7, 11) is 0. The highest BCUT2D eigenvalue weighted by Gasteiger charge is 2.66. The number of rotatable bonds is 5. The highest BCUT2D eigenvalue weighted by molar-refractivity contribution is 6.02. The van der Waals surface area contributed by atoms with Crippen LogP contribution in [0.15, 0.2) is 23.3 Å². The first-order valence-corrected chi connectivity index (χ1v) is 13.3. The number of carbonyl (C=O) groups excluding carboxylic acids is 3. The zero-order chi connectivity index (χ0) is 26.4. The molecule has 2 fully saturated rings. The molecular weight excluding hydrogens is 440 g/mol. The fraction of sp³-hybridized carbons (Fsp3) is 0.767. The zero-order valence-corrected chi connectivity index (χ0v) is 22.8. The van der Waals surface area contributed by atoms with Crippen molar-refractivity contribution >= 4 is 17.3 Å². The molecule has 194 valence electrons. The number of aliphatic hydroxyl groups is 2. The predicted octanol–water partition coefficient (Wildman–Crippen LogP) is 4.99. The molecule has 0 radical (unpaired) electrons. The van der Waals surface area contributed by atoms with E-state index in [-0.39, 0.29) is 45.7 Å². The van der Waals surface area contributed by atoms with Gasteiger partial charge in [-0.15, -0.1) is 0 Å². The molecule has 4 aliphatic carbocycles. The van der Waals surface area contributed by atoms with Crippen LogP contribution in [0, 0.1) is 39.4 Å². The minimum Gasteiger partial charge on any atom is -0.387 e. The van der Waals surface area contributed by atoms with Gasteiger partial charge in [-0.1, -0.05) is 53.7 Å². The van der Waals surface area contributed by atoms with E-state index in [0.29, 0.717) is 30.1 Å². The lowest BCUT2D eigenvalue weighted by molar-refractivity contribution is -0.165. The normalized spacial score (nSPS) is 40.2. The molecule has 4 rings (SSSR count). The number of Topliss-reactive ketones (excluding diaryl/α,β-unsaturated/α-hetero) is 3. The van der Waals surface area contributed by atoms with E-state index in [1.165, 1.54) is 13.8 Å². The van der Waals surface area contributed by atoms with Crippen molar-refractivity contribution < 1.29 is 24.6 Å². The standard InChI is InChI=1S/C30H44O5/c1-17(15-19(31)25(34)27(4,5)35)24-18-9-10-22-28(6)13-12-23(33)26(2,3)21(28)11-14-29(22,7)30(18,8)16-20(24)32/h9-10,17,21-22,25,34-35H,11-16H2,1-8H3. The van der Waals surface area contributed by atoms with E-state index in [9.17, 15) is 24.6 Å². The van der Waals surface area contributed by atoms with Gasteiger partial charge >= 0.3 is 0 Å². The van der Waals surface area contributed by atoms with Gasteiger partial charge in [-0.05, 0) is 67.3 Å². The Morgan fingerprint density at radius 3 is 2.37 bits per heavy atom. The molecule has 0 aromatic carbocycles. The first-order valence-electron chi connectivity index (χ1n) is 13.3. The summed E-state index contributed by atoms with van der Waals surface area (Å²) in [6, 6.07) is 0. The molecule has 7 atom stereocenters. The Morgan fingerprint density at radius 1 is 1.14 bits per heavy atom. The highest BCUT2D eigenvalue weighted by Crippen LogP contribution is 2.72. The summed E-state index contributed by atoms with van der Waals surface area (Å²) in [5, 5.41) is 20.3. The number of fused-ring (bicyclic) bond motifs is 5. The van der Waals surface area contributed by atoms with Gasteiger partial charge in [0.25, 0.3) is 0 Å². The lowest BCUT2D eigenvalue weighted by Gasteiger charge is -2.66. The van der Waals surface area contributed by atoms with Crippen LogP contribution in [0.2, 0.25) is 0 Å². The van der Waals surface area contributed by atoms with Crippen LogP contribution in [-0.2, 0) is 14.4 Å². The number of hydrogen-bond acceptors (Lipinski definition) is 5. The van der Waals surface area contributed by atoms with Gasteiger partial charge in [-0.2, -0.15) is 0 Å². The number of ketones is 3. The fourth-order valence-electron chi connectivity index (χ4n) is 8.72. The van der Waals surface area contributed by atoms with E-state index in [4.69, 9.17) is 0 Å². The molecule has 2 N–H and O–H groups in total. The van der Waals surface area contributed by atoms with Crippen LogP contribution in [0.4, 0.5) is 0 Å². The van der Waals surface area contributed by atoms with E-state index in [1.807, 2.05) is 6.92 Å². The molecule has 0 spiro atoms. The molecule has 0 aromatic heterocycles. The second kappa shape index (κ2) is 7.95. The number of aliphatic hydroxyl groups excluding tert-OH is 1. The van der Waals surface area contributed by atoms with Crippen LogP contribution in [0.1, 0.15) is 93.9 Å². The molecule has 2 saturated carbocycles. The van der Waals surface area contributed by atoms with E-state index < -0.39 is 17.5 Å². The van der Waals surface area contributed by atoms with Crippen LogP contribution < -0.4 is 0 Å². The van der Waals surface area contributed by atoms with Gasteiger partial charge in [-0.3, -0.25) is 14.4 Å². The highest BCUT2D eigenvalue weighted by atomic mass is 16.3. The summed E-state index contributed by atoms with van der Waals surface area (Å²) in [5.41, 5.74) is -0.529. The largest absolute Gasteiger partial charge is 0.387 e. The maximum atomic E-state index is 13.5. The maximum Gasteiger partial charge on any atom is 0.164 e. The fourth-order valence-corrected chi connectivity index (χ4v) is 8.72. The second-order valence-electron chi connectivity index (χ2n) is 13.9. The van der Waals surface area contributed by atoms with Crippen molar-refractivity contribution in [2.75, 3.05) is 0 Å². The van der Waals surface area contributed by atoms with Crippen molar-refractivity contribution in [1.29, 1.82) is 0 Å². The third-order valence-electron chi connectivity index (χ3n) is 11.0. The molecule has 7 unspecified atom stereocenters. The monoisotopic (exact) mass is 484 g/mol. The summed E-state index contributed by atoms with van der Waals surface area (Å²) >= 11 is 0. The first-order chi connectivity index (χ1) is 15.9. The summed E-state index contributed by atoms with van der Waals surface area (Å²) in [5.74, 6) is 0.302. The molecule has 5 heteroatoms.